The van der Waals surface area contributed by atoms with Gasteiger partial charge >= 0.3 is 0 Å². The Morgan fingerprint density at radius 3 is 2.41 bits per heavy atom. The van der Waals surface area contributed by atoms with Crippen LogP contribution in [0.5, 0.6) is 11.5 Å². The van der Waals surface area contributed by atoms with E-state index < -0.39 is 0 Å². The summed E-state index contributed by atoms with van der Waals surface area (Å²) in [4.78, 5) is 12.7. The highest BCUT2D eigenvalue weighted by Gasteiger charge is 2.34. The summed E-state index contributed by atoms with van der Waals surface area (Å²) >= 11 is 0. The summed E-state index contributed by atoms with van der Waals surface area (Å²) in [5.74, 6) is 1.92. The molecule has 1 atom stereocenters. The van der Waals surface area contributed by atoms with Crippen molar-refractivity contribution in [1.82, 2.24) is 5.32 Å². The molecule has 1 heterocycles. The van der Waals surface area contributed by atoms with E-state index in [9.17, 15) is 9.18 Å². The molecule has 5 nitrogen and oxygen atoms in total. The molecule has 0 aliphatic heterocycles. The van der Waals surface area contributed by atoms with Crippen LogP contribution >= 0.6 is 0 Å². The Morgan fingerprint density at radius 2 is 1.76 bits per heavy atom. The number of nitrogens with one attached hydrogen (secondary N) is 1. The predicted octanol–water partition coefficient (Wildman–Crippen LogP) is 4.89. The van der Waals surface area contributed by atoms with Crippen molar-refractivity contribution in [3.05, 3.63) is 83.6 Å². The van der Waals surface area contributed by atoms with Crippen LogP contribution in [0.2, 0.25) is 0 Å². The minimum atomic E-state index is -0.323. The van der Waals surface area contributed by atoms with Crippen molar-refractivity contribution in [1.29, 1.82) is 0 Å². The van der Waals surface area contributed by atoms with Crippen molar-refractivity contribution in [2.24, 2.45) is 5.92 Å². The number of hydrogen-bond acceptors (Lipinski definition) is 4. The van der Waals surface area contributed by atoms with Crippen molar-refractivity contribution in [2.45, 2.75) is 25.5 Å². The lowest BCUT2D eigenvalue weighted by Gasteiger charge is -2.18. The number of ether oxygens (including phenoxy) is 2. The van der Waals surface area contributed by atoms with E-state index in [1.165, 1.54) is 12.1 Å². The van der Waals surface area contributed by atoms with Crippen LogP contribution in [0.1, 0.15) is 40.8 Å². The van der Waals surface area contributed by atoms with Crippen LogP contribution in [0.15, 0.2) is 65.1 Å². The zero-order chi connectivity index (χ0) is 20.2. The minimum absolute atomic E-state index is 0.0579. The lowest BCUT2D eigenvalue weighted by atomic mass is 10.0. The van der Waals surface area contributed by atoms with Gasteiger partial charge in [0.05, 0.1) is 13.2 Å². The average molecular weight is 395 g/mol. The fourth-order valence-corrected chi connectivity index (χ4v) is 3.19. The third-order valence-electron chi connectivity index (χ3n) is 4.94. The summed E-state index contributed by atoms with van der Waals surface area (Å²) in [5, 5.41) is 3.09. The first-order valence-corrected chi connectivity index (χ1v) is 9.54. The van der Waals surface area contributed by atoms with Gasteiger partial charge in [0.15, 0.2) is 5.76 Å². The molecule has 150 valence electrons. The molecule has 1 fully saturated rings. The van der Waals surface area contributed by atoms with Gasteiger partial charge in [-0.1, -0.05) is 12.1 Å². The van der Waals surface area contributed by atoms with Crippen molar-refractivity contribution < 1.29 is 23.1 Å². The number of hydrogen-bond donors (Lipinski definition) is 1. The van der Waals surface area contributed by atoms with Gasteiger partial charge in [0.25, 0.3) is 5.91 Å². The lowest BCUT2D eigenvalue weighted by molar-refractivity contribution is 0.0899. The fourth-order valence-electron chi connectivity index (χ4n) is 3.19. The number of amides is 1. The Bertz CT molecular complexity index is 961. The van der Waals surface area contributed by atoms with Crippen LogP contribution in [-0.4, -0.2) is 13.0 Å². The highest BCUT2D eigenvalue weighted by atomic mass is 19.1. The maximum atomic E-state index is 12.9. The summed E-state index contributed by atoms with van der Waals surface area (Å²) in [7, 11) is 1.63. The normalized spacial score (nSPS) is 14.3. The number of rotatable bonds is 8. The average Bonchev–Trinajstić information content (AvgIpc) is 3.48. The molecule has 4 rings (SSSR count). The zero-order valence-electron chi connectivity index (χ0n) is 16.1. The van der Waals surface area contributed by atoms with E-state index in [1.54, 1.807) is 31.4 Å². The Hall–Kier alpha value is -3.28. The van der Waals surface area contributed by atoms with Crippen molar-refractivity contribution in [3.63, 3.8) is 0 Å². The largest absolute Gasteiger partial charge is 0.497 e. The molecule has 0 saturated heterocycles. The number of benzene rings is 2. The third-order valence-corrected chi connectivity index (χ3v) is 4.94. The van der Waals surface area contributed by atoms with Crippen molar-refractivity contribution in [2.75, 3.05) is 7.11 Å². The summed E-state index contributed by atoms with van der Waals surface area (Å²) in [5.41, 5.74) is 1.05. The quantitative estimate of drug-likeness (QED) is 0.590. The third kappa shape index (κ3) is 4.77. The van der Waals surface area contributed by atoms with Crippen molar-refractivity contribution in [3.8, 4) is 11.5 Å². The molecular formula is C23H22FNO4. The summed E-state index contributed by atoms with van der Waals surface area (Å²) in [6.45, 7) is 0.156. The number of furan rings is 1. The van der Waals surface area contributed by atoms with E-state index in [-0.39, 0.29) is 30.1 Å². The van der Waals surface area contributed by atoms with Crippen LogP contribution < -0.4 is 14.8 Å². The summed E-state index contributed by atoms with van der Waals surface area (Å²) in [6.07, 6.45) is 2.18. The van der Waals surface area contributed by atoms with Gasteiger partial charge in [-0.25, -0.2) is 4.39 Å². The van der Waals surface area contributed by atoms with E-state index in [2.05, 4.69) is 5.32 Å². The van der Waals surface area contributed by atoms with E-state index in [4.69, 9.17) is 13.9 Å². The zero-order valence-corrected chi connectivity index (χ0v) is 16.1. The highest BCUT2D eigenvalue weighted by molar-refractivity contribution is 5.91. The van der Waals surface area contributed by atoms with Gasteiger partial charge in [-0.05, 0) is 72.9 Å². The minimum Gasteiger partial charge on any atom is -0.497 e. The second-order valence-electron chi connectivity index (χ2n) is 7.07. The molecule has 0 bridgehead atoms. The van der Waals surface area contributed by atoms with E-state index >= 15 is 0 Å². The van der Waals surface area contributed by atoms with Gasteiger partial charge in [0.2, 0.25) is 0 Å². The predicted molar refractivity (Wildman–Crippen MR) is 105 cm³/mol. The van der Waals surface area contributed by atoms with Crippen LogP contribution in [0.4, 0.5) is 4.39 Å². The Kier molecular flexibility index (Phi) is 5.51. The monoisotopic (exact) mass is 395 g/mol. The topological polar surface area (TPSA) is 60.7 Å². The molecule has 2 aromatic carbocycles. The fraction of sp³-hybridized carbons (Fsp3) is 0.261. The molecule has 1 amide bonds. The lowest BCUT2D eigenvalue weighted by Crippen LogP contribution is -2.29. The SMILES string of the molecule is COc1ccc(C(NC(=O)c2ccc(COc3ccc(F)cc3)o2)C2CC2)cc1. The number of carbonyl (C=O) groups excluding carboxylic acids is 1. The molecule has 1 saturated carbocycles. The van der Waals surface area contributed by atoms with E-state index in [1.807, 2.05) is 24.3 Å². The molecule has 1 unspecified atom stereocenters. The molecule has 6 heteroatoms. The Labute approximate surface area is 168 Å². The number of carbonyl (C=O) groups is 1. The molecule has 1 aliphatic carbocycles. The summed E-state index contributed by atoms with van der Waals surface area (Å²) in [6, 6.07) is 16.8. The molecule has 0 spiro atoms. The number of halogens is 1. The van der Waals surface area contributed by atoms with E-state index in [0.29, 0.717) is 17.4 Å². The number of methoxy groups -OCH3 is 1. The van der Waals surface area contributed by atoms with Gasteiger partial charge in [-0.3, -0.25) is 4.79 Å². The van der Waals surface area contributed by atoms with Gasteiger partial charge in [0.1, 0.15) is 29.7 Å². The van der Waals surface area contributed by atoms with E-state index in [0.717, 1.165) is 24.2 Å². The van der Waals surface area contributed by atoms with Gasteiger partial charge in [0, 0.05) is 0 Å². The van der Waals surface area contributed by atoms with Gasteiger partial charge in [-0.2, -0.15) is 0 Å². The standard InChI is InChI=1S/C23H22FNO4/c1-27-18-8-4-16(5-9-18)22(15-2-3-15)25-23(26)21-13-12-20(29-21)14-28-19-10-6-17(24)7-11-19/h4-13,15,22H,2-3,14H2,1H3,(H,25,26). The van der Waals surface area contributed by atoms with Crippen molar-refractivity contribution >= 4 is 5.91 Å². The molecular weight excluding hydrogens is 373 g/mol. The Balaban J connectivity index is 1.38. The highest BCUT2D eigenvalue weighted by Crippen LogP contribution is 2.41. The first-order valence-electron chi connectivity index (χ1n) is 9.54. The van der Waals surface area contributed by atoms with Crippen LogP contribution in [0, 0.1) is 11.7 Å². The maximum Gasteiger partial charge on any atom is 0.287 e. The first kappa shape index (κ1) is 19.1. The molecule has 1 aromatic heterocycles. The summed E-state index contributed by atoms with van der Waals surface area (Å²) < 4.78 is 29.3. The van der Waals surface area contributed by atoms with Gasteiger partial charge < -0.3 is 19.2 Å². The molecule has 1 N–H and O–H groups in total. The Morgan fingerprint density at radius 1 is 1.07 bits per heavy atom. The smallest absolute Gasteiger partial charge is 0.287 e. The molecule has 0 radical (unpaired) electrons. The van der Waals surface area contributed by atoms with Crippen LogP contribution in [-0.2, 0) is 6.61 Å². The second kappa shape index (κ2) is 8.39. The molecule has 3 aromatic rings. The maximum absolute atomic E-state index is 12.9. The second-order valence-corrected chi connectivity index (χ2v) is 7.07. The van der Waals surface area contributed by atoms with Gasteiger partial charge in [-0.15, -0.1) is 0 Å². The van der Waals surface area contributed by atoms with Crippen LogP contribution in [0.3, 0.4) is 0 Å². The first-order chi connectivity index (χ1) is 14.1. The molecule has 1 aliphatic rings. The molecule has 29 heavy (non-hydrogen) atoms. The van der Waals surface area contributed by atoms with Crippen LogP contribution in [0.25, 0.3) is 0 Å².